The van der Waals surface area contributed by atoms with E-state index < -0.39 is 0 Å². The predicted molar refractivity (Wildman–Crippen MR) is 215 cm³/mol. The van der Waals surface area contributed by atoms with Gasteiger partial charge in [0.1, 0.15) is 0 Å². The van der Waals surface area contributed by atoms with E-state index in [1.54, 1.807) is 0 Å². The Morgan fingerprint density at radius 3 is 1.74 bits per heavy atom. The number of nitrogens with zero attached hydrogens (tertiary/aromatic N) is 4. The molecule has 0 amide bonds. The Morgan fingerprint density at radius 1 is 0.580 bits per heavy atom. The Hall–Kier alpha value is -2.33. The molecule has 0 spiro atoms. The van der Waals surface area contributed by atoms with Crippen LogP contribution < -0.4 is 0 Å². The zero-order valence-electron chi connectivity index (χ0n) is 33.3. The van der Waals surface area contributed by atoms with Gasteiger partial charge in [-0.15, -0.1) is 0 Å². The van der Waals surface area contributed by atoms with Crippen molar-refractivity contribution in [3.05, 3.63) is 99.6 Å². The molecule has 0 radical (unpaired) electrons. The van der Waals surface area contributed by atoms with E-state index in [0.717, 1.165) is 61.0 Å². The maximum absolute atomic E-state index is 12.0. The van der Waals surface area contributed by atoms with Crippen molar-refractivity contribution in [3.8, 4) is 0 Å². The van der Waals surface area contributed by atoms with Gasteiger partial charge in [0.05, 0.1) is 5.57 Å². The van der Waals surface area contributed by atoms with Gasteiger partial charge in [-0.3, -0.25) is 0 Å². The first-order valence-electron chi connectivity index (χ1n) is 20.0. The summed E-state index contributed by atoms with van der Waals surface area (Å²) in [6, 6.07) is 17.9. The van der Waals surface area contributed by atoms with E-state index in [1.165, 1.54) is 125 Å². The second-order valence-electron chi connectivity index (χ2n) is 14.2. The van der Waals surface area contributed by atoms with Crippen molar-refractivity contribution < 1.29 is 19.6 Å². The summed E-state index contributed by atoms with van der Waals surface area (Å²) in [6.07, 6.45) is 28.0. The molecule has 1 heterocycles. The van der Waals surface area contributed by atoms with Crippen molar-refractivity contribution in [3.63, 3.8) is 0 Å². The number of aryl methyl sites for hydroxylation is 2. The van der Waals surface area contributed by atoms with Gasteiger partial charge in [-0.05, 0) is 86.8 Å². The molecule has 50 heavy (non-hydrogen) atoms. The number of benzene rings is 2. The Morgan fingerprint density at radius 2 is 1.14 bits per heavy atom. The van der Waals surface area contributed by atoms with Crippen molar-refractivity contribution in [1.82, 2.24) is 7.96 Å². The zero-order chi connectivity index (χ0) is 36.6. The number of allylic oxidation sites excluding steroid dienone is 4. The van der Waals surface area contributed by atoms with Crippen LogP contribution in [-0.4, -0.2) is 40.8 Å². The fourth-order valence-corrected chi connectivity index (χ4v) is 7.29. The van der Waals surface area contributed by atoms with Crippen molar-refractivity contribution in [2.24, 2.45) is 0 Å². The van der Waals surface area contributed by atoms with Crippen LogP contribution in [0.3, 0.4) is 0 Å². The Balaban J connectivity index is 0.00000112. The molecule has 3 rings (SSSR count). The third kappa shape index (κ3) is 16.3. The zero-order valence-corrected chi connectivity index (χ0v) is 34.3. The first-order chi connectivity index (χ1) is 24.3. The molecule has 0 N–H and O–H groups in total. The third-order valence-corrected chi connectivity index (χ3v) is 9.94. The minimum atomic E-state index is 0.943. The fraction of sp³-hybridized carbons (Fsp3) is 0.600. The van der Waals surface area contributed by atoms with Gasteiger partial charge < -0.3 is 5.53 Å². The van der Waals surface area contributed by atoms with E-state index in [4.69, 9.17) is 0 Å². The van der Waals surface area contributed by atoms with Crippen LogP contribution in [0.4, 0.5) is 0 Å². The van der Waals surface area contributed by atoms with Crippen molar-refractivity contribution in [2.75, 3.05) is 28.2 Å². The Bertz CT molecular complexity index is 1310. The van der Waals surface area contributed by atoms with E-state index in [-0.39, 0.29) is 0 Å². The average Bonchev–Trinajstić information content (AvgIpc) is 3.37. The van der Waals surface area contributed by atoms with Gasteiger partial charge in [0.2, 0.25) is 11.4 Å². The van der Waals surface area contributed by atoms with Gasteiger partial charge in [-0.1, -0.05) is 135 Å². The molecular weight excluding hydrogens is 655 g/mol. The summed E-state index contributed by atoms with van der Waals surface area (Å²) in [5, 5.41) is 0. The molecule has 2 aromatic carbocycles. The predicted octanol–water partition coefficient (Wildman–Crippen LogP) is 13.2. The van der Waals surface area contributed by atoms with E-state index in [9.17, 15) is 5.53 Å². The first-order valence-corrected chi connectivity index (χ1v) is 20.9. The van der Waals surface area contributed by atoms with Gasteiger partial charge in [0.15, 0.2) is 0 Å². The summed E-state index contributed by atoms with van der Waals surface area (Å²) in [5.41, 5.74) is 21.3. The monoisotopic (exact) mass is 727 g/mol. The molecule has 2 aromatic rings. The molecule has 1 aliphatic rings. The molecular formula is C45H72N4Ni. The van der Waals surface area contributed by atoms with Crippen molar-refractivity contribution in [2.45, 2.75) is 150 Å². The normalized spacial score (nSPS) is 13.4. The van der Waals surface area contributed by atoms with Gasteiger partial charge >= 0.3 is 51.0 Å². The summed E-state index contributed by atoms with van der Waals surface area (Å²) in [6.45, 7) is 9.06. The van der Waals surface area contributed by atoms with Crippen LogP contribution in [0.2, 0.25) is 0 Å². The van der Waals surface area contributed by atoms with Crippen LogP contribution >= 0.6 is 0 Å². The fourth-order valence-electron chi connectivity index (χ4n) is 6.50. The number of unbranched alkanes of at least 4 members (excludes halogenated alkanes) is 12. The first kappa shape index (κ1) is 43.8. The maximum atomic E-state index is 12.0. The molecule has 0 aromatic heterocycles. The van der Waals surface area contributed by atoms with Gasteiger partial charge in [0, 0.05) is 16.7 Å². The third-order valence-electron chi connectivity index (χ3n) is 9.15. The SMILES string of the molecule is CCCCCCCCCC=CC1=C(c2cccc(CCCC)c2)[N+](=[N-])C(c2ccc(CCCCCC)cc2)=C1CCCC.C[N](C)[Ni][N](C)C. The van der Waals surface area contributed by atoms with Gasteiger partial charge in [0.25, 0.3) is 0 Å². The molecule has 1 aliphatic heterocycles. The number of hydrogen-bond acceptors (Lipinski definition) is 2. The second kappa shape index (κ2) is 26.4. The molecule has 0 saturated heterocycles. The van der Waals surface area contributed by atoms with Crippen LogP contribution in [0.5, 0.6) is 0 Å². The Kier molecular flexibility index (Phi) is 23.2. The molecule has 0 bridgehead atoms. The van der Waals surface area contributed by atoms with Crippen molar-refractivity contribution in [1.29, 1.82) is 0 Å². The summed E-state index contributed by atoms with van der Waals surface area (Å²) < 4.78 is 5.65. The van der Waals surface area contributed by atoms with E-state index in [1.807, 2.05) is 28.2 Å². The van der Waals surface area contributed by atoms with E-state index in [0.29, 0.717) is 0 Å². The van der Waals surface area contributed by atoms with Crippen LogP contribution in [0.25, 0.3) is 16.9 Å². The Labute approximate surface area is 315 Å². The summed E-state index contributed by atoms with van der Waals surface area (Å²) in [7, 11) is 8.11. The van der Waals surface area contributed by atoms with E-state index >= 15 is 0 Å². The summed E-state index contributed by atoms with van der Waals surface area (Å²) in [5.74, 6) is 0. The quantitative estimate of drug-likeness (QED) is 0.0613. The standard InChI is InChI=1S/C41H60N2.2C2H6N.Ni/c1-5-9-13-15-16-17-18-19-21-28-39-38(27-12-8-4)40(36-31-29-34(30-32-36)24-20-14-10-6-2)43(42)41(39)37-26-22-25-35(33-37)23-11-7-3;2*1-3-2;/h21-22,25-26,28-33H,5-20,23-24,27H2,1-4H3;2*1-2H3;/q;2*-1;+2. The topological polar surface area (TPSA) is 31.8 Å². The molecule has 0 unspecified atom stereocenters. The van der Waals surface area contributed by atoms with E-state index in [2.05, 4.69) is 96.3 Å². The summed E-state index contributed by atoms with van der Waals surface area (Å²) >= 11 is 1.51. The molecule has 0 saturated carbocycles. The minimum absolute atomic E-state index is 0.943. The summed E-state index contributed by atoms with van der Waals surface area (Å²) in [4.78, 5) is 0. The molecule has 0 atom stereocenters. The molecule has 0 fully saturated rings. The second-order valence-corrected chi connectivity index (χ2v) is 16.1. The number of hydrogen-bond donors (Lipinski definition) is 0. The van der Waals surface area contributed by atoms with Gasteiger partial charge in [-0.2, -0.15) is 0 Å². The van der Waals surface area contributed by atoms with Crippen LogP contribution in [0, 0.1) is 0 Å². The average molecular weight is 728 g/mol. The molecule has 5 heteroatoms. The van der Waals surface area contributed by atoms with Crippen LogP contribution in [-0.2, 0) is 27.7 Å². The van der Waals surface area contributed by atoms with Crippen LogP contribution in [0.15, 0.2) is 71.8 Å². The molecule has 4 nitrogen and oxygen atoms in total. The van der Waals surface area contributed by atoms with Gasteiger partial charge in [-0.25, -0.2) is 4.70 Å². The molecule has 0 aliphatic carbocycles. The molecule has 282 valence electrons. The van der Waals surface area contributed by atoms with Crippen LogP contribution in [0.1, 0.15) is 159 Å². The van der Waals surface area contributed by atoms with Crippen molar-refractivity contribution >= 4 is 11.4 Å². The number of rotatable bonds is 24.